The van der Waals surface area contributed by atoms with E-state index in [-0.39, 0.29) is 44.6 Å². The van der Waals surface area contributed by atoms with Crippen LogP contribution < -0.4 is 21.3 Å². The van der Waals surface area contributed by atoms with Crippen molar-refractivity contribution in [3.63, 3.8) is 0 Å². The van der Waals surface area contributed by atoms with Gasteiger partial charge in [-0.2, -0.15) is 16.8 Å². The number of aromatic hydroxyl groups is 2. The van der Waals surface area contributed by atoms with Crippen molar-refractivity contribution >= 4 is 88.2 Å². The van der Waals surface area contributed by atoms with Crippen LogP contribution in [0.15, 0.2) is 107 Å². The van der Waals surface area contributed by atoms with Gasteiger partial charge in [0.05, 0.1) is 21.2 Å². The van der Waals surface area contributed by atoms with Gasteiger partial charge in [-0.1, -0.05) is 36.4 Å². The number of benzene rings is 6. The first-order valence-corrected chi connectivity index (χ1v) is 19.1. The zero-order valence-electron chi connectivity index (χ0n) is 29.1. The fourth-order valence-corrected chi connectivity index (χ4v) is 6.75. The topological polar surface area (TPSA) is 266 Å². The summed E-state index contributed by atoms with van der Waals surface area (Å²) in [6, 6.07) is 21.5. The number of anilines is 4. The molecule has 0 saturated carbocycles. The normalized spacial score (nSPS) is 11.6. The van der Waals surface area contributed by atoms with Gasteiger partial charge in [-0.15, -0.1) is 0 Å². The molecule has 6 aromatic carbocycles. The molecule has 0 atom stereocenters. The Bertz CT molecular complexity index is 2700. The molecule has 0 aliphatic heterocycles. The minimum Gasteiger partial charge on any atom is -0.505 e. The molecule has 0 radical (unpaired) electrons. The van der Waals surface area contributed by atoms with Gasteiger partial charge < -0.3 is 31.5 Å². The van der Waals surface area contributed by atoms with Crippen molar-refractivity contribution in [1.29, 1.82) is 0 Å². The molecule has 4 amide bonds. The molecule has 18 heteroatoms. The van der Waals surface area contributed by atoms with Crippen molar-refractivity contribution in [3.8, 4) is 11.5 Å². The van der Waals surface area contributed by atoms with Gasteiger partial charge in [0.25, 0.3) is 32.1 Å². The minimum atomic E-state index is -4.57. The van der Waals surface area contributed by atoms with Gasteiger partial charge in [0, 0.05) is 33.3 Å². The molecule has 6 rings (SSSR count). The molecule has 0 aromatic heterocycles. The summed E-state index contributed by atoms with van der Waals surface area (Å²) in [6.45, 7) is 3.22. The molecular weight excluding hydrogens is 769 g/mol. The fraction of sp³-hybridized carbons (Fsp3) is 0.0526. The molecular formula is C38H30N4O12S2. The Kier molecular flexibility index (Phi) is 10.2. The van der Waals surface area contributed by atoms with Gasteiger partial charge in [-0.25, -0.2) is 0 Å². The third-order valence-corrected chi connectivity index (χ3v) is 10.4. The van der Waals surface area contributed by atoms with Gasteiger partial charge >= 0.3 is 11.8 Å². The predicted molar refractivity (Wildman–Crippen MR) is 206 cm³/mol. The van der Waals surface area contributed by atoms with Crippen molar-refractivity contribution in [3.05, 3.63) is 119 Å². The number of phenolic OH excluding ortho intramolecular Hbond substituents is 2. The largest absolute Gasteiger partial charge is 0.505 e. The summed E-state index contributed by atoms with van der Waals surface area (Å²) in [4.78, 5) is 51.5. The highest BCUT2D eigenvalue weighted by molar-refractivity contribution is 7.86. The second-order valence-electron chi connectivity index (χ2n) is 12.5. The van der Waals surface area contributed by atoms with Gasteiger partial charge in [-0.05, 0) is 96.4 Å². The number of carbonyl (C=O) groups is 4. The van der Waals surface area contributed by atoms with Crippen molar-refractivity contribution in [1.82, 2.24) is 0 Å². The molecule has 286 valence electrons. The Morgan fingerprint density at radius 2 is 0.839 bits per heavy atom. The zero-order valence-corrected chi connectivity index (χ0v) is 30.7. The highest BCUT2D eigenvalue weighted by Gasteiger charge is 2.21. The number of phenols is 2. The second kappa shape index (κ2) is 14.8. The molecule has 0 fully saturated rings. The summed E-state index contributed by atoms with van der Waals surface area (Å²) in [7, 11) is -9.14. The van der Waals surface area contributed by atoms with Crippen LogP contribution in [0.25, 0.3) is 21.5 Å². The molecule has 0 aliphatic rings. The molecule has 6 aromatic rings. The summed E-state index contributed by atoms with van der Waals surface area (Å²) >= 11 is 0. The lowest BCUT2D eigenvalue weighted by Gasteiger charge is -2.14. The summed E-state index contributed by atoms with van der Waals surface area (Å²) in [5.41, 5.74) is 1.01. The summed E-state index contributed by atoms with van der Waals surface area (Å²) < 4.78 is 65.2. The van der Waals surface area contributed by atoms with Crippen LogP contribution in [0.1, 0.15) is 31.8 Å². The van der Waals surface area contributed by atoms with Gasteiger partial charge in [0.15, 0.2) is 0 Å². The van der Waals surface area contributed by atoms with E-state index in [1.54, 1.807) is 13.8 Å². The first-order valence-electron chi connectivity index (χ1n) is 16.2. The van der Waals surface area contributed by atoms with E-state index in [2.05, 4.69) is 21.3 Å². The molecule has 16 nitrogen and oxygen atoms in total. The third kappa shape index (κ3) is 8.12. The number of aryl methyl sites for hydroxylation is 2. The molecule has 56 heavy (non-hydrogen) atoms. The SMILES string of the molecule is Cc1ccc(NC(=O)C(=O)Nc2ccc(C)c(C(=O)Nc3ccc4ccc(S(=O)(=O)O)cc4c3O)c2)cc1C(=O)Nc1ccc2ccc(S(=O)(=O)O)cc2c1O. The average molecular weight is 799 g/mol. The van der Waals surface area contributed by atoms with Crippen LogP contribution in [0, 0.1) is 13.8 Å². The zero-order chi connectivity index (χ0) is 40.7. The molecule has 0 unspecified atom stereocenters. The standard InChI is InChI=1S/C38H30N4O12S2/c1-19-3-9-23(15-27(19)35(45)41-31-13-7-21-5-11-25(55(49,50)51)17-29(21)33(31)43)39-37(47)38(48)40-24-10-4-20(2)28(16-24)36(46)42-32-14-8-22-6-12-26(56(52,53)54)18-30(22)34(32)44/h3-18,43-44H,1-2H3,(H,39,47)(H,40,48)(H,41,45)(H,42,46)(H,49,50,51)(H,52,53,54). The molecule has 0 heterocycles. The van der Waals surface area contributed by atoms with Crippen molar-refractivity contribution in [2.45, 2.75) is 23.6 Å². The van der Waals surface area contributed by atoms with E-state index in [9.17, 15) is 55.3 Å². The number of hydrogen-bond donors (Lipinski definition) is 8. The van der Waals surface area contributed by atoms with Crippen LogP contribution in [0.3, 0.4) is 0 Å². The highest BCUT2D eigenvalue weighted by Crippen LogP contribution is 2.36. The van der Waals surface area contributed by atoms with Crippen LogP contribution in [0.5, 0.6) is 11.5 Å². The van der Waals surface area contributed by atoms with E-state index in [0.717, 1.165) is 24.3 Å². The Hall–Kier alpha value is -6.86. The second-order valence-corrected chi connectivity index (χ2v) is 15.4. The lowest BCUT2D eigenvalue weighted by atomic mass is 10.1. The Morgan fingerprint density at radius 3 is 1.20 bits per heavy atom. The van der Waals surface area contributed by atoms with E-state index >= 15 is 0 Å². The molecule has 8 N–H and O–H groups in total. The van der Waals surface area contributed by atoms with E-state index < -0.39 is 65.2 Å². The summed E-state index contributed by atoms with van der Waals surface area (Å²) in [5, 5.41) is 32.5. The highest BCUT2D eigenvalue weighted by atomic mass is 32.2. The number of fused-ring (bicyclic) bond motifs is 2. The molecule has 0 bridgehead atoms. The first kappa shape index (κ1) is 38.9. The maximum atomic E-state index is 13.3. The number of nitrogens with one attached hydrogen (secondary N) is 4. The van der Waals surface area contributed by atoms with Crippen molar-refractivity contribution in [2.75, 3.05) is 21.3 Å². The summed E-state index contributed by atoms with van der Waals surface area (Å²) in [6.07, 6.45) is 0. The number of rotatable bonds is 8. The van der Waals surface area contributed by atoms with Gasteiger partial charge in [0.2, 0.25) is 0 Å². The van der Waals surface area contributed by atoms with E-state index in [1.165, 1.54) is 72.8 Å². The first-order chi connectivity index (χ1) is 26.3. The number of carbonyl (C=O) groups excluding carboxylic acids is 4. The van der Waals surface area contributed by atoms with Crippen LogP contribution >= 0.6 is 0 Å². The van der Waals surface area contributed by atoms with Gasteiger partial charge in [0.1, 0.15) is 11.5 Å². The Labute approximate surface area is 318 Å². The lowest BCUT2D eigenvalue weighted by molar-refractivity contribution is -0.132. The fourth-order valence-electron chi connectivity index (χ4n) is 5.73. The van der Waals surface area contributed by atoms with Crippen LogP contribution in [-0.4, -0.2) is 59.8 Å². The molecule has 0 spiro atoms. The van der Waals surface area contributed by atoms with E-state index in [1.807, 2.05) is 0 Å². The van der Waals surface area contributed by atoms with Crippen LogP contribution in [0.2, 0.25) is 0 Å². The smallest absolute Gasteiger partial charge is 0.314 e. The number of hydrogen-bond acceptors (Lipinski definition) is 10. The Morgan fingerprint density at radius 1 is 0.482 bits per heavy atom. The van der Waals surface area contributed by atoms with E-state index in [4.69, 9.17) is 0 Å². The van der Waals surface area contributed by atoms with Crippen molar-refractivity contribution in [2.24, 2.45) is 0 Å². The van der Waals surface area contributed by atoms with Crippen molar-refractivity contribution < 1.29 is 55.3 Å². The maximum Gasteiger partial charge on any atom is 0.314 e. The number of amides is 4. The maximum absolute atomic E-state index is 13.3. The van der Waals surface area contributed by atoms with Crippen LogP contribution in [-0.2, 0) is 29.8 Å². The minimum absolute atomic E-state index is 0.0476. The monoisotopic (exact) mass is 798 g/mol. The quantitative estimate of drug-likeness (QED) is 0.0532. The van der Waals surface area contributed by atoms with E-state index in [0.29, 0.717) is 21.9 Å². The lowest BCUT2D eigenvalue weighted by Crippen LogP contribution is -2.29. The summed E-state index contributed by atoms with van der Waals surface area (Å²) in [5.74, 6) is -4.60. The third-order valence-electron chi connectivity index (χ3n) is 8.71. The van der Waals surface area contributed by atoms with Gasteiger partial charge in [-0.3, -0.25) is 28.3 Å². The molecule has 0 aliphatic carbocycles. The average Bonchev–Trinajstić information content (AvgIpc) is 3.14. The predicted octanol–water partition coefficient (Wildman–Crippen LogP) is 5.60. The molecule has 0 saturated heterocycles. The Balaban J connectivity index is 1.14. The van der Waals surface area contributed by atoms with Crippen LogP contribution in [0.4, 0.5) is 22.7 Å².